The number of benzene rings is 1. The van der Waals surface area contributed by atoms with Gasteiger partial charge in [-0.3, -0.25) is 4.79 Å². The minimum absolute atomic E-state index is 0. The fourth-order valence-corrected chi connectivity index (χ4v) is 4.71. The molecule has 2 N–H and O–H groups in total. The average Bonchev–Trinajstić information content (AvgIpc) is 2.56. The highest BCUT2D eigenvalue weighted by Gasteiger charge is 2.27. The van der Waals surface area contributed by atoms with Crippen molar-refractivity contribution in [2.45, 2.75) is 44.6 Å². The van der Waals surface area contributed by atoms with Crippen molar-refractivity contribution in [3.8, 4) is 0 Å². The van der Waals surface area contributed by atoms with Crippen LogP contribution in [0.4, 0.5) is 0 Å². The molecule has 1 heterocycles. The van der Waals surface area contributed by atoms with Gasteiger partial charge in [-0.2, -0.15) is 4.31 Å². The molecule has 8 heteroatoms. The lowest BCUT2D eigenvalue weighted by Crippen LogP contribution is -2.42. The van der Waals surface area contributed by atoms with Crippen LogP contribution in [0.3, 0.4) is 0 Å². The van der Waals surface area contributed by atoms with E-state index in [-0.39, 0.29) is 29.3 Å². The lowest BCUT2D eigenvalue weighted by Gasteiger charge is -2.30. The molecule has 0 unspecified atom stereocenters. The van der Waals surface area contributed by atoms with E-state index in [0.29, 0.717) is 37.3 Å². The number of nitrogens with zero attached hydrogens (tertiary/aromatic N) is 2. The zero-order valence-corrected chi connectivity index (χ0v) is 16.7. The third-order valence-corrected chi connectivity index (χ3v) is 6.78. The van der Waals surface area contributed by atoms with Crippen LogP contribution in [-0.4, -0.2) is 55.8 Å². The predicted molar refractivity (Wildman–Crippen MR) is 102 cm³/mol. The summed E-state index contributed by atoms with van der Waals surface area (Å²) in [6.45, 7) is 7.41. The van der Waals surface area contributed by atoms with E-state index in [0.717, 1.165) is 12.8 Å². The zero-order chi connectivity index (χ0) is 17.9. The van der Waals surface area contributed by atoms with Crippen LogP contribution in [-0.2, 0) is 10.0 Å². The Hall–Kier alpha value is -1.15. The van der Waals surface area contributed by atoms with Crippen molar-refractivity contribution in [3.63, 3.8) is 0 Å². The number of carbonyl (C=O) groups is 1. The normalized spacial score (nSPS) is 16.0. The molecule has 1 aromatic carbocycles. The summed E-state index contributed by atoms with van der Waals surface area (Å²) < 4.78 is 27.0. The number of piperidine rings is 1. The van der Waals surface area contributed by atoms with Gasteiger partial charge in [-0.1, -0.05) is 19.9 Å². The average molecular weight is 390 g/mol. The van der Waals surface area contributed by atoms with Gasteiger partial charge < -0.3 is 10.6 Å². The standard InChI is InChI=1S/C17H27N3O3S.ClH/c1-4-20(5-2)24(22,23)16-12-14(7-6-13(16)3)17(21)19-10-8-15(18)9-11-19;/h6-7,12,15H,4-5,8-11,18H2,1-3H3;1H. The molecule has 1 aromatic rings. The second-order valence-corrected chi connectivity index (χ2v) is 8.11. The van der Waals surface area contributed by atoms with E-state index in [2.05, 4.69) is 0 Å². The highest BCUT2D eigenvalue weighted by Crippen LogP contribution is 2.23. The molecule has 0 radical (unpaired) electrons. The summed E-state index contributed by atoms with van der Waals surface area (Å²) in [7, 11) is -3.58. The monoisotopic (exact) mass is 389 g/mol. The van der Waals surface area contributed by atoms with Crippen molar-refractivity contribution in [1.29, 1.82) is 0 Å². The summed E-state index contributed by atoms with van der Waals surface area (Å²) in [5, 5.41) is 0. The van der Waals surface area contributed by atoms with E-state index < -0.39 is 10.0 Å². The highest BCUT2D eigenvalue weighted by molar-refractivity contribution is 7.89. The quantitative estimate of drug-likeness (QED) is 0.834. The van der Waals surface area contributed by atoms with E-state index >= 15 is 0 Å². The van der Waals surface area contributed by atoms with Crippen LogP contribution in [0.2, 0.25) is 0 Å². The number of rotatable bonds is 5. The molecule has 0 saturated carbocycles. The molecule has 1 fully saturated rings. The molecule has 6 nitrogen and oxygen atoms in total. The van der Waals surface area contributed by atoms with E-state index in [1.54, 1.807) is 24.0 Å². The summed E-state index contributed by atoms with van der Waals surface area (Å²) in [4.78, 5) is 14.6. The van der Waals surface area contributed by atoms with Crippen LogP contribution >= 0.6 is 12.4 Å². The predicted octanol–water partition coefficient (Wildman–Crippen LogP) is 2.01. The molecule has 0 aliphatic carbocycles. The third-order valence-electron chi connectivity index (χ3n) is 4.59. The summed E-state index contributed by atoms with van der Waals surface area (Å²) in [5.74, 6) is -0.127. The second-order valence-electron chi connectivity index (χ2n) is 6.20. The van der Waals surface area contributed by atoms with Crippen molar-refractivity contribution < 1.29 is 13.2 Å². The number of sulfonamides is 1. The number of hydrogen-bond acceptors (Lipinski definition) is 4. The molecule has 2 rings (SSSR count). The number of amides is 1. The maximum absolute atomic E-state index is 12.8. The van der Waals surface area contributed by atoms with Gasteiger partial charge in [-0.25, -0.2) is 8.42 Å². The van der Waals surface area contributed by atoms with Crippen LogP contribution in [0.5, 0.6) is 0 Å². The molecule has 0 aromatic heterocycles. The molecule has 1 aliphatic heterocycles. The molecule has 25 heavy (non-hydrogen) atoms. The number of halogens is 1. The molecule has 0 bridgehead atoms. The maximum Gasteiger partial charge on any atom is 0.253 e. The first-order valence-corrected chi connectivity index (χ1v) is 9.90. The summed E-state index contributed by atoms with van der Waals surface area (Å²) in [6.07, 6.45) is 1.56. The Morgan fingerprint density at radius 2 is 1.80 bits per heavy atom. The van der Waals surface area contributed by atoms with Crippen LogP contribution in [0, 0.1) is 6.92 Å². The van der Waals surface area contributed by atoms with Gasteiger partial charge in [0.25, 0.3) is 5.91 Å². The van der Waals surface area contributed by atoms with Crippen molar-refractivity contribution in [3.05, 3.63) is 29.3 Å². The Morgan fingerprint density at radius 3 is 2.32 bits per heavy atom. The minimum Gasteiger partial charge on any atom is -0.339 e. The van der Waals surface area contributed by atoms with Gasteiger partial charge in [0.1, 0.15) is 0 Å². The first-order chi connectivity index (χ1) is 11.3. The molecule has 142 valence electrons. The number of aryl methyl sites for hydroxylation is 1. The Kier molecular flexibility index (Phi) is 7.87. The van der Waals surface area contributed by atoms with Gasteiger partial charge in [0, 0.05) is 37.8 Å². The fraction of sp³-hybridized carbons (Fsp3) is 0.588. The molecule has 1 amide bonds. The van der Waals surface area contributed by atoms with E-state index in [9.17, 15) is 13.2 Å². The first-order valence-electron chi connectivity index (χ1n) is 8.46. The Morgan fingerprint density at radius 1 is 1.24 bits per heavy atom. The SMILES string of the molecule is CCN(CC)S(=O)(=O)c1cc(C(=O)N2CCC(N)CC2)ccc1C.Cl. The minimum atomic E-state index is -3.58. The summed E-state index contributed by atoms with van der Waals surface area (Å²) in [5.41, 5.74) is 6.95. The largest absolute Gasteiger partial charge is 0.339 e. The molecule has 1 saturated heterocycles. The van der Waals surface area contributed by atoms with E-state index in [1.165, 1.54) is 10.4 Å². The second kappa shape index (κ2) is 8.98. The molecular formula is C17H28ClN3O3S. The zero-order valence-electron chi connectivity index (χ0n) is 15.1. The number of hydrogen-bond donors (Lipinski definition) is 1. The van der Waals surface area contributed by atoms with Crippen LogP contribution in [0.1, 0.15) is 42.6 Å². The van der Waals surface area contributed by atoms with Crippen molar-refractivity contribution >= 4 is 28.3 Å². The third kappa shape index (κ3) is 4.73. The lowest BCUT2D eigenvalue weighted by molar-refractivity contribution is 0.0714. The maximum atomic E-state index is 12.8. The van der Waals surface area contributed by atoms with Gasteiger partial charge in [0.05, 0.1) is 4.90 Å². The lowest BCUT2D eigenvalue weighted by atomic mass is 10.0. The van der Waals surface area contributed by atoms with Crippen LogP contribution < -0.4 is 5.73 Å². The van der Waals surface area contributed by atoms with Crippen LogP contribution in [0.25, 0.3) is 0 Å². The smallest absolute Gasteiger partial charge is 0.253 e. The van der Waals surface area contributed by atoms with Crippen molar-refractivity contribution in [2.75, 3.05) is 26.2 Å². The molecule has 0 spiro atoms. The number of nitrogens with two attached hydrogens (primary N) is 1. The number of likely N-dealkylation sites (tertiary alicyclic amines) is 1. The first kappa shape index (κ1) is 21.9. The summed E-state index contributed by atoms with van der Waals surface area (Å²) in [6, 6.07) is 5.07. The van der Waals surface area contributed by atoms with Crippen molar-refractivity contribution in [1.82, 2.24) is 9.21 Å². The fourth-order valence-electron chi connectivity index (χ4n) is 3.00. The Balaban J connectivity index is 0.00000312. The Labute approximate surface area is 156 Å². The van der Waals surface area contributed by atoms with Gasteiger partial charge in [-0.15, -0.1) is 12.4 Å². The van der Waals surface area contributed by atoms with Gasteiger partial charge >= 0.3 is 0 Å². The number of carbonyl (C=O) groups excluding carboxylic acids is 1. The van der Waals surface area contributed by atoms with Crippen molar-refractivity contribution in [2.24, 2.45) is 5.73 Å². The topological polar surface area (TPSA) is 83.7 Å². The highest BCUT2D eigenvalue weighted by atomic mass is 35.5. The van der Waals surface area contributed by atoms with Crippen LogP contribution in [0.15, 0.2) is 23.1 Å². The molecular weight excluding hydrogens is 362 g/mol. The van der Waals surface area contributed by atoms with E-state index in [1.807, 2.05) is 13.8 Å². The van der Waals surface area contributed by atoms with Gasteiger partial charge in [0.15, 0.2) is 0 Å². The van der Waals surface area contributed by atoms with E-state index in [4.69, 9.17) is 5.73 Å². The summed E-state index contributed by atoms with van der Waals surface area (Å²) >= 11 is 0. The Bertz CT molecular complexity index is 697. The molecule has 1 aliphatic rings. The van der Waals surface area contributed by atoms with Gasteiger partial charge in [0.2, 0.25) is 10.0 Å². The van der Waals surface area contributed by atoms with Gasteiger partial charge in [-0.05, 0) is 37.5 Å². The molecule has 0 atom stereocenters.